The molecule has 0 bridgehead atoms. The standard InChI is InChI=1S/C26H46O4/c1-2-3-4-5-6-7-8-9-10-11-12-16-19-26(23-29-22-25(28)20-27)30-21-24-17-14-13-15-18-24/h13-15,17-18,25-28H,2-12,16,19-23H2,1H3. The quantitative estimate of drug-likeness (QED) is 0.237. The second kappa shape index (κ2) is 20.0. The summed E-state index contributed by atoms with van der Waals surface area (Å²) in [4.78, 5) is 0. The summed E-state index contributed by atoms with van der Waals surface area (Å²) in [5.74, 6) is 0. The molecule has 0 saturated carbocycles. The Morgan fingerprint density at radius 2 is 1.33 bits per heavy atom. The zero-order valence-corrected chi connectivity index (χ0v) is 19.3. The van der Waals surface area contributed by atoms with E-state index in [-0.39, 0.29) is 19.3 Å². The summed E-state index contributed by atoms with van der Waals surface area (Å²) in [6.45, 7) is 3.19. The highest BCUT2D eigenvalue weighted by atomic mass is 16.5. The molecule has 2 N–H and O–H groups in total. The molecule has 2 atom stereocenters. The number of aliphatic hydroxyl groups is 2. The fourth-order valence-electron chi connectivity index (χ4n) is 3.60. The molecule has 0 fully saturated rings. The normalized spacial score (nSPS) is 13.4. The maximum atomic E-state index is 9.45. The Balaban J connectivity index is 2.11. The first kappa shape index (κ1) is 27.1. The van der Waals surface area contributed by atoms with Crippen LogP contribution in [0.15, 0.2) is 30.3 Å². The molecule has 174 valence electrons. The molecule has 0 heterocycles. The number of rotatable bonds is 21. The Bertz CT molecular complexity index is 465. The molecule has 0 radical (unpaired) electrons. The Morgan fingerprint density at radius 1 is 0.767 bits per heavy atom. The van der Waals surface area contributed by atoms with Crippen molar-refractivity contribution >= 4 is 0 Å². The predicted molar refractivity (Wildman–Crippen MR) is 125 cm³/mol. The van der Waals surface area contributed by atoms with Gasteiger partial charge in [-0.1, -0.05) is 114 Å². The average molecular weight is 423 g/mol. The molecule has 0 aromatic heterocycles. The van der Waals surface area contributed by atoms with E-state index in [4.69, 9.17) is 14.6 Å². The average Bonchev–Trinajstić information content (AvgIpc) is 2.78. The minimum Gasteiger partial charge on any atom is -0.394 e. The Morgan fingerprint density at radius 3 is 1.90 bits per heavy atom. The fraction of sp³-hybridized carbons (Fsp3) is 0.769. The molecule has 2 unspecified atom stereocenters. The molecule has 4 nitrogen and oxygen atoms in total. The van der Waals surface area contributed by atoms with Crippen LogP contribution < -0.4 is 0 Å². The molecule has 1 aromatic carbocycles. The molecule has 1 aromatic rings. The molecule has 1 rings (SSSR count). The lowest BCUT2D eigenvalue weighted by molar-refractivity contribution is -0.0562. The van der Waals surface area contributed by atoms with Crippen LogP contribution in [0.25, 0.3) is 0 Å². The van der Waals surface area contributed by atoms with Gasteiger partial charge in [0.2, 0.25) is 0 Å². The summed E-state index contributed by atoms with van der Waals surface area (Å²) in [5, 5.41) is 18.4. The van der Waals surface area contributed by atoms with Gasteiger partial charge in [0.1, 0.15) is 6.10 Å². The van der Waals surface area contributed by atoms with Crippen LogP contribution >= 0.6 is 0 Å². The number of unbranched alkanes of at least 4 members (excludes halogenated alkanes) is 11. The first-order valence-corrected chi connectivity index (χ1v) is 12.3. The van der Waals surface area contributed by atoms with Crippen molar-refractivity contribution in [2.24, 2.45) is 0 Å². The van der Waals surface area contributed by atoms with E-state index in [2.05, 4.69) is 19.1 Å². The van der Waals surface area contributed by atoms with E-state index in [0.29, 0.717) is 13.2 Å². The van der Waals surface area contributed by atoms with Crippen molar-refractivity contribution in [1.82, 2.24) is 0 Å². The Labute approximate surface area is 185 Å². The van der Waals surface area contributed by atoms with Crippen LogP contribution in [-0.2, 0) is 16.1 Å². The van der Waals surface area contributed by atoms with Gasteiger partial charge in [0.25, 0.3) is 0 Å². The van der Waals surface area contributed by atoms with Gasteiger partial charge in [0, 0.05) is 0 Å². The van der Waals surface area contributed by atoms with Crippen LogP contribution in [0.4, 0.5) is 0 Å². The predicted octanol–water partition coefficient (Wildman–Crippen LogP) is 6.03. The molecule has 0 aliphatic rings. The van der Waals surface area contributed by atoms with E-state index in [9.17, 15) is 5.11 Å². The maximum Gasteiger partial charge on any atom is 0.100 e. The number of benzene rings is 1. The van der Waals surface area contributed by atoms with E-state index in [1.807, 2.05) is 18.2 Å². The molecular formula is C26H46O4. The molecule has 4 heteroatoms. The van der Waals surface area contributed by atoms with Crippen LogP contribution in [-0.4, -0.2) is 42.2 Å². The number of hydrogen-bond acceptors (Lipinski definition) is 4. The van der Waals surface area contributed by atoms with Crippen LogP contribution in [0.3, 0.4) is 0 Å². The minimum absolute atomic E-state index is 0.0271. The van der Waals surface area contributed by atoms with Crippen molar-refractivity contribution in [1.29, 1.82) is 0 Å². The van der Waals surface area contributed by atoms with Gasteiger partial charge in [-0.3, -0.25) is 0 Å². The van der Waals surface area contributed by atoms with Crippen molar-refractivity contribution in [2.75, 3.05) is 19.8 Å². The third-order valence-corrected chi connectivity index (χ3v) is 5.53. The molecular weight excluding hydrogens is 376 g/mol. The number of ether oxygens (including phenoxy) is 2. The Hall–Kier alpha value is -0.940. The third-order valence-electron chi connectivity index (χ3n) is 5.53. The van der Waals surface area contributed by atoms with Crippen LogP contribution in [0, 0.1) is 0 Å². The van der Waals surface area contributed by atoms with Gasteiger partial charge in [-0.2, -0.15) is 0 Å². The van der Waals surface area contributed by atoms with E-state index >= 15 is 0 Å². The van der Waals surface area contributed by atoms with Crippen LogP contribution in [0.5, 0.6) is 0 Å². The van der Waals surface area contributed by atoms with Crippen LogP contribution in [0.1, 0.15) is 96.0 Å². The van der Waals surface area contributed by atoms with Gasteiger partial charge in [0.05, 0.1) is 32.5 Å². The topological polar surface area (TPSA) is 58.9 Å². The summed E-state index contributed by atoms with van der Waals surface area (Å²) in [6.07, 6.45) is 16.3. The monoisotopic (exact) mass is 422 g/mol. The van der Waals surface area contributed by atoms with Crippen molar-refractivity contribution < 1.29 is 19.7 Å². The fourth-order valence-corrected chi connectivity index (χ4v) is 3.60. The first-order chi connectivity index (χ1) is 14.8. The highest BCUT2D eigenvalue weighted by molar-refractivity contribution is 5.13. The molecule has 0 aliphatic carbocycles. The van der Waals surface area contributed by atoms with Crippen molar-refractivity contribution in [3.63, 3.8) is 0 Å². The first-order valence-electron chi connectivity index (χ1n) is 12.3. The van der Waals surface area contributed by atoms with E-state index in [0.717, 1.165) is 18.4 Å². The minimum atomic E-state index is -0.814. The molecule has 30 heavy (non-hydrogen) atoms. The lowest BCUT2D eigenvalue weighted by atomic mass is 10.0. The summed E-state index contributed by atoms with van der Waals surface area (Å²) < 4.78 is 11.6. The largest absolute Gasteiger partial charge is 0.394 e. The maximum absolute atomic E-state index is 9.45. The van der Waals surface area contributed by atoms with Crippen molar-refractivity contribution in [2.45, 2.75) is 109 Å². The van der Waals surface area contributed by atoms with Gasteiger partial charge >= 0.3 is 0 Å². The van der Waals surface area contributed by atoms with Gasteiger partial charge in [-0.05, 0) is 12.0 Å². The lowest BCUT2D eigenvalue weighted by Gasteiger charge is -2.19. The molecule has 0 amide bonds. The van der Waals surface area contributed by atoms with Gasteiger partial charge in [-0.15, -0.1) is 0 Å². The summed E-state index contributed by atoms with van der Waals surface area (Å²) >= 11 is 0. The Kier molecular flexibility index (Phi) is 18.1. The second-order valence-electron chi connectivity index (χ2n) is 8.47. The summed E-state index contributed by atoms with van der Waals surface area (Å²) in [7, 11) is 0. The third kappa shape index (κ3) is 15.8. The summed E-state index contributed by atoms with van der Waals surface area (Å²) in [5.41, 5.74) is 1.16. The smallest absolute Gasteiger partial charge is 0.100 e. The SMILES string of the molecule is CCCCCCCCCCCCCCC(COCC(O)CO)OCc1ccccc1. The van der Waals surface area contributed by atoms with Crippen LogP contribution in [0.2, 0.25) is 0 Å². The van der Waals surface area contributed by atoms with E-state index in [1.165, 1.54) is 70.6 Å². The number of hydrogen-bond donors (Lipinski definition) is 2. The van der Waals surface area contributed by atoms with Crippen molar-refractivity contribution in [3.05, 3.63) is 35.9 Å². The van der Waals surface area contributed by atoms with E-state index < -0.39 is 6.10 Å². The summed E-state index contributed by atoms with van der Waals surface area (Å²) in [6, 6.07) is 10.2. The van der Waals surface area contributed by atoms with Gasteiger partial charge in [-0.25, -0.2) is 0 Å². The van der Waals surface area contributed by atoms with E-state index in [1.54, 1.807) is 0 Å². The van der Waals surface area contributed by atoms with Crippen molar-refractivity contribution in [3.8, 4) is 0 Å². The second-order valence-corrected chi connectivity index (χ2v) is 8.47. The number of aliphatic hydroxyl groups excluding tert-OH is 2. The molecule has 0 saturated heterocycles. The van der Waals surface area contributed by atoms with Gasteiger partial charge < -0.3 is 19.7 Å². The molecule has 0 aliphatic heterocycles. The zero-order valence-electron chi connectivity index (χ0n) is 19.3. The highest BCUT2D eigenvalue weighted by Gasteiger charge is 2.11. The highest BCUT2D eigenvalue weighted by Crippen LogP contribution is 2.15. The molecule has 0 spiro atoms. The zero-order chi connectivity index (χ0) is 21.7. The van der Waals surface area contributed by atoms with Gasteiger partial charge in [0.15, 0.2) is 0 Å². The lowest BCUT2D eigenvalue weighted by Crippen LogP contribution is -2.25.